The summed E-state index contributed by atoms with van der Waals surface area (Å²) in [5, 5.41) is 41.9. The lowest BCUT2D eigenvalue weighted by molar-refractivity contribution is -0.118. The van der Waals surface area contributed by atoms with Crippen molar-refractivity contribution < 1.29 is 14.4 Å². The molecular weight excluding hydrogens is 1860 g/mol. The van der Waals surface area contributed by atoms with Crippen LogP contribution in [0, 0.1) is 5.41 Å². The van der Waals surface area contributed by atoms with Crippen molar-refractivity contribution in [2.45, 2.75) is 99.0 Å². The lowest BCUT2D eigenvalue weighted by atomic mass is 9.92. The minimum Gasteiger partial charge on any atom is -0.335 e. The molecule has 0 aromatic carbocycles. The summed E-state index contributed by atoms with van der Waals surface area (Å²) in [6.45, 7) is 13.4. The van der Waals surface area contributed by atoms with E-state index in [1.165, 1.54) is 24.8 Å². The number of pyridine rings is 16. The van der Waals surface area contributed by atoms with Crippen LogP contribution >= 0.6 is 0 Å². The molecule has 0 bridgehead atoms. The second-order valence-corrected chi connectivity index (χ2v) is 36.9. The van der Waals surface area contributed by atoms with Crippen molar-refractivity contribution in [3.05, 3.63) is 276 Å². The largest absolute Gasteiger partial charge is 0.335 e. The molecule has 1 aliphatic rings. The molecule has 1 saturated heterocycles. The average Bonchev–Trinajstić information content (AvgIpc) is 1.63. The van der Waals surface area contributed by atoms with Crippen LogP contribution in [0.1, 0.15) is 98.0 Å². The smallest absolute Gasteiger partial charge is 0.224 e. The zero-order valence-electron chi connectivity index (χ0n) is 80.8. The van der Waals surface area contributed by atoms with Gasteiger partial charge in [0.2, 0.25) is 17.7 Å². The molecule has 39 heteroatoms. The molecule has 148 heavy (non-hydrogen) atoms. The van der Waals surface area contributed by atoms with E-state index in [1.54, 1.807) is 130 Å². The summed E-state index contributed by atoms with van der Waals surface area (Å²) in [6, 6.07) is 39.0. The fourth-order valence-corrected chi connectivity index (χ4v) is 17.8. The number of hydrogen-bond donors (Lipinski definition) is 11. The molecule has 39 nitrogen and oxygen atoms in total. The zero-order chi connectivity index (χ0) is 101. The average molecular weight is 1960 g/mol. The first-order valence-corrected chi connectivity index (χ1v) is 48.4. The standard InChI is InChI=1S/C28H25N9O.C28H25N9.C27H23N9O.C26H21N9O/c1-28(2,3)10-23(38)33-18-8-16(11-29-13-18)17-9-19-25(36-37-26(19)32-12-17)27-34-22-15-30-14-20(24(22)35-27)21-6-4-5-7-31-21;1-4-8-37(9-5-1)17-18-10-19(13-29-12-18)20-11-21-26(35-36-27(21)32-14-20)28-33-24-16-30-15-22(25(24)34-28)23-6-2-3-7-31-23;1-2-3-7-23(37)32-18-9-16(11-28-13-18)17-10-19-25(35-36-26(19)31-12-17)27-33-22-15-29-14-20(24(22)34-27)21-6-4-5-8-30-21;1-2-5-22(36)31-17-8-15(10-27-12-17)16-9-18-24(34-35-25(18)30-11-16)26-32-21-14-28-13-19(23(21)33-26)20-6-3-4-7-29-20/h4-9,11-15H,10H2,1-3H3,(H,33,38)(H,34,35)(H,32,36,37);2-3,6-7,10-16H,1,4-5,8-9,17H2,(H,33,34)(H,32,35,36);4-6,8-15H,2-3,7H2,1H3,(H,32,37)(H,33,34)(H,31,35,36);3-4,6-14H,2,5H2,1H3,(H,31,36)(H,32,33)(H,30,34,35). The Labute approximate surface area is 842 Å². The fourth-order valence-electron chi connectivity index (χ4n) is 17.8. The lowest BCUT2D eigenvalue weighted by Crippen LogP contribution is -2.29. The molecule has 1 fully saturated rings. The van der Waals surface area contributed by atoms with Crippen molar-refractivity contribution >= 4 is 123 Å². The first kappa shape index (κ1) is 93.5. The van der Waals surface area contributed by atoms with Gasteiger partial charge in [0, 0.05) is 198 Å². The van der Waals surface area contributed by atoms with Crippen LogP contribution in [0.3, 0.4) is 0 Å². The van der Waals surface area contributed by atoms with Crippen LogP contribution in [0.2, 0.25) is 0 Å². The van der Waals surface area contributed by atoms with Gasteiger partial charge in [0.1, 0.15) is 44.8 Å². The quantitative estimate of drug-likeness (QED) is 0.0283. The van der Waals surface area contributed by atoms with Gasteiger partial charge in [-0.05, 0) is 147 Å². The normalized spacial score (nSPS) is 12.2. The Morgan fingerprint density at radius 2 is 0.635 bits per heavy atom. The molecule has 3 amide bonds. The molecule has 0 atom stereocenters. The second kappa shape index (κ2) is 41.6. The van der Waals surface area contributed by atoms with E-state index in [2.05, 4.69) is 180 Å². The van der Waals surface area contributed by atoms with Gasteiger partial charge in [-0.2, -0.15) is 20.4 Å². The van der Waals surface area contributed by atoms with Gasteiger partial charge in [0.15, 0.2) is 45.9 Å². The van der Waals surface area contributed by atoms with Gasteiger partial charge in [-0.3, -0.25) is 99.5 Å². The molecular formula is C109H94N36O3. The molecule has 24 aromatic rings. The molecule has 25 heterocycles. The molecule has 0 unspecified atom stereocenters. The number of carbonyl (C=O) groups is 3. The predicted molar refractivity (Wildman–Crippen MR) is 566 cm³/mol. The van der Waals surface area contributed by atoms with Crippen molar-refractivity contribution in [3.63, 3.8) is 0 Å². The van der Waals surface area contributed by atoms with E-state index in [0.717, 1.165) is 200 Å². The third-order valence-electron chi connectivity index (χ3n) is 24.9. The summed E-state index contributed by atoms with van der Waals surface area (Å²) < 4.78 is 0. The number of nitrogens with one attached hydrogen (secondary N) is 11. The Bertz CT molecular complexity index is 8970. The Morgan fingerprint density at radius 1 is 0.324 bits per heavy atom. The summed E-state index contributed by atoms with van der Waals surface area (Å²) in [5.41, 5.74) is 28.3. The molecule has 0 spiro atoms. The Morgan fingerprint density at radius 3 is 0.953 bits per heavy atom. The SMILES string of the molecule is CC(C)(C)CC(=O)Nc1cncc(-c2cnc3n[nH]c(-c4nc5c(-c6ccccn6)cncc5[nH]4)c3c2)c1.CCCC(=O)Nc1cncc(-c2cnc3n[nH]c(-c4nc5c(-c6ccccn6)cncc5[nH]4)c3c2)c1.CCCCC(=O)Nc1cncc(-c2cnc3n[nH]c(-c4nc5c(-c6ccccn6)cncc5[nH]4)c3c2)c1.c1ccc(-c2cncc3[nH]c(-c4[nH]nc5ncc(-c6cncc(CN7CCCCC7)c6)cc45)nc23)nc1. The van der Waals surface area contributed by atoms with Crippen molar-refractivity contribution in [2.24, 2.45) is 5.41 Å². The van der Waals surface area contributed by atoms with Crippen LogP contribution in [0.25, 0.3) is 224 Å². The molecule has 0 saturated carbocycles. The maximum atomic E-state index is 12.4. The number of unbranched alkanes of at least 4 members (excludes halogenated alkanes) is 1. The number of rotatable bonds is 23. The summed E-state index contributed by atoms with van der Waals surface area (Å²) in [5.74, 6) is 2.44. The molecule has 11 N–H and O–H groups in total. The number of imidazole rings is 4. The lowest BCUT2D eigenvalue weighted by Gasteiger charge is -2.26. The summed E-state index contributed by atoms with van der Waals surface area (Å²) >= 11 is 0. The van der Waals surface area contributed by atoms with Crippen LogP contribution < -0.4 is 16.0 Å². The highest BCUT2D eigenvalue weighted by molar-refractivity contribution is 6.03. The van der Waals surface area contributed by atoms with Gasteiger partial charge in [-0.15, -0.1) is 0 Å². The number of likely N-dealkylation sites (tertiary alicyclic amines) is 1. The van der Waals surface area contributed by atoms with Crippen molar-refractivity contribution in [1.29, 1.82) is 0 Å². The Hall–Kier alpha value is -19.5. The Balaban J connectivity index is 0.000000112. The number of hydrogen-bond acceptors (Lipinski definition) is 28. The Kier molecular flexibility index (Phi) is 26.3. The number of aromatic nitrogens is 32. The summed E-state index contributed by atoms with van der Waals surface area (Å²) in [6.07, 6.45) is 50.1. The van der Waals surface area contributed by atoms with E-state index in [4.69, 9.17) is 19.9 Å². The molecule has 25 rings (SSSR count). The van der Waals surface area contributed by atoms with Crippen LogP contribution in [-0.2, 0) is 20.9 Å². The van der Waals surface area contributed by atoms with Gasteiger partial charge in [-0.25, -0.2) is 39.9 Å². The number of aromatic amines is 8. The first-order chi connectivity index (χ1) is 72.5. The van der Waals surface area contributed by atoms with E-state index in [0.29, 0.717) is 99.3 Å². The monoisotopic (exact) mass is 1950 g/mol. The predicted octanol–water partition coefficient (Wildman–Crippen LogP) is 20.3. The van der Waals surface area contributed by atoms with Crippen LogP contribution in [0.4, 0.5) is 17.1 Å². The van der Waals surface area contributed by atoms with E-state index in [9.17, 15) is 14.4 Å². The number of piperidine rings is 1. The van der Waals surface area contributed by atoms with E-state index in [1.807, 2.05) is 155 Å². The van der Waals surface area contributed by atoms with E-state index < -0.39 is 0 Å². The van der Waals surface area contributed by atoms with Gasteiger partial charge in [0.25, 0.3) is 0 Å². The molecule has 1 aliphatic heterocycles. The highest BCUT2D eigenvalue weighted by atomic mass is 16.2. The van der Waals surface area contributed by atoms with Gasteiger partial charge >= 0.3 is 0 Å². The minimum absolute atomic E-state index is 0.0176. The summed E-state index contributed by atoms with van der Waals surface area (Å²) in [7, 11) is 0. The maximum absolute atomic E-state index is 12.4. The van der Waals surface area contributed by atoms with E-state index in [-0.39, 0.29) is 23.1 Å². The third-order valence-corrected chi connectivity index (χ3v) is 24.9. The van der Waals surface area contributed by atoms with E-state index >= 15 is 0 Å². The van der Waals surface area contributed by atoms with Crippen LogP contribution in [-0.4, -0.2) is 196 Å². The number of anilines is 3. The number of H-pyrrole nitrogens is 8. The van der Waals surface area contributed by atoms with Crippen molar-refractivity contribution in [2.75, 3.05) is 29.0 Å². The summed E-state index contributed by atoms with van der Waals surface area (Å²) in [4.78, 5) is 143. The first-order valence-electron chi connectivity index (χ1n) is 48.4. The molecule has 0 aliphatic carbocycles. The topological polar surface area (TPSA) is 526 Å². The minimum atomic E-state index is -0.104. The number of carbonyl (C=O) groups excluding carboxylic acids is 3. The zero-order valence-corrected chi connectivity index (χ0v) is 80.8. The van der Waals surface area contributed by atoms with Crippen LogP contribution in [0.15, 0.2) is 270 Å². The highest BCUT2D eigenvalue weighted by Gasteiger charge is 2.26. The molecule has 24 aromatic heterocycles. The molecule has 0 radical (unpaired) electrons. The third kappa shape index (κ3) is 20.4. The fraction of sp³-hybridized carbons (Fsp3) is 0.165. The molecule has 728 valence electrons. The highest BCUT2D eigenvalue weighted by Crippen LogP contribution is 2.40. The van der Waals surface area contributed by atoms with Gasteiger partial charge in [-0.1, -0.05) is 71.7 Å². The van der Waals surface area contributed by atoms with Crippen molar-refractivity contribution in [1.82, 2.24) is 165 Å². The van der Waals surface area contributed by atoms with Gasteiger partial charge in [0.05, 0.1) is 127 Å². The number of amides is 3. The second-order valence-electron chi connectivity index (χ2n) is 36.9. The van der Waals surface area contributed by atoms with Crippen molar-refractivity contribution in [3.8, 4) is 136 Å². The van der Waals surface area contributed by atoms with Gasteiger partial charge < -0.3 is 35.9 Å². The number of fused-ring (bicyclic) bond motifs is 8. The number of nitrogens with zero attached hydrogens (tertiary/aromatic N) is 25. The maximum Gasteiger partial charge on any atom is 0.224 e. The van der Waals surface area contributed by atoms with Crippen LogP contribution in [0.5, 0.6) is 0 Å².